The lowest BCUT2D eigenvalue weighted by atomic mass is 9.78. The van der Waals surface area contributed by atoms with Crippen LogP contribution in [0.2, 0.25) is 0 Å². The molecule has 0 saturated carbocycles. The van der Waals surface area contributed by atoms with Crippen LogP contribution in [0.4, 0.5) is 28.4 Å². The first-order valence-electron chi connectivity index (χ1n) is 21.1. The number of hydrogen-bond acceptors (Lipinski definition) is 2. The van der Waals surface area contributed by atoms with Crippen molar-refractivity contribution in [2.24, 2.45) is 5.92 Å². The summed E-state index contributed by atoms with van der Waals surface area (Å²) in [5.41, 5.74) is 20.1. The lowest BCUT2D eigenvalue weighted by molar-refractivity contribution is 0.590. The fourth-order valence-corrected chi connectivity index (χ4v) is 10.3. The molecule has 0 saturated heterocycles. The van der Waals surface area contributed by atoms with Crippen LogP contribution in [0.5, 0.6) is 0 Å². The third kappa shape index (κ3) is 4.90. The number of hydrogen-bond donors (Lipinski definition) is 0. The fraction of sp³-hybridized carbons (Fsp3) is 0.259. The summed E-state index contributed by atoms with van der Waals surface area (Å²) in [6, 6.07) is 44.7. The maximum atomic E-state index is 2.69. The van der Waals surface area contributed by atoms with Gasteiger partial charge in [0.25, 0.3) is 0 Å². The number of rotatable bonds is 6. The molecule has 0 N–H and O–H groups in total. The molecule has 0 spiro atoms. The molecule has 282 valence electrons. The standard InChI is InChI=1S/C54H51N3/c1-9-33-15-18-38(19-16-33)55(37-13-11-10-12-14-37)39-20-21-40-44-23-34(31(2)3)25-46-43-29-50-42(30-51(43)57(52(44)46)49(40)28-39)47-26-35(32(4)5)24-45-41-27-36(54(6,7)8)17-22-48(41)56(50)53(45)47/h10-32,47,53H,9H2,1-8H3. The van der Waals surface area contributed by atoms with E-state index in [2.05, 4.69) is 197 Å². The van der Waals surface area contributed by atoms with E-state index in [1.54, 1.807) is 0 Å². The van der Waals surface area contributed by atoms with E-state index in [-0.39, 0.29) is 17.4 Å². The summed E-state index contributed by atoms with van der Waals surface area (Å²) in [7, 11) is 0. The topological polar surface area (TPSA) is 10.9 Å². The van der Waals surface area contributed by atoms with Gasteiger partial charge >= 0.3 is 0 Å². The van der Waals surface area contributed by atoms with Gasteiger partial charge in [-0.15, -0.1) is 0 Å². The highest BCUT2D eigenvalue weighted by Gasteiger charge is 2.48. The van der Waals surface area contributed by atoms with Gasteiger partial charge < -0.3 is 14.2 Å². The minimum atomic E-state index is 0.0901. The Bertz CT molecular complexity index is 2980. The minimum Gasteiger partial charge on any atom is -0.332 e. The van der Waals surface area contributed by atoms with E-state index in [0.717, 1.165) is 17.8 Å². The number of aromatic nitrogens is 1. The van der Waals surface area contributed by atoms with Crippen molar-refractivity contribution in [2.45, 2.75) is 85.1 Å². The van der Waals surface area contributed by atoms with Crippen molar-refractivity contribution in [3.05, 3.63) is 161 Å². The van der Waals surface area contributed by atoms with Crippen LogP contribution < -0.4 is 9.80 Å². The predicted octanol–water partition coefficient (Wildman–Crippen LogP) is 14.9. The fourth-order valence-electron chi connectivity index (χ4n) is 10.3. The van der Waals surface area contributed by atoms with Crippen molar-refractivity contribution in [2.75, 3.05) is 9.80 Å². The van der Waals surface area contributed by atoms with E-state index in [9.17, 15) is 0 Å². The molecule has 2 aliphatic heterocycles. The Balaban J connectivity index is 1.19. The predicted molar refractivity (Wildman–Crippen MR) is 244 cm³/mol. The molecular formula is C54H51N3. The van der Waals surface area contributed by atoms with Crippen LogP contribution in [-0.2, 0) is 11.8 Å². The lowest BCUT2D eigenvalue weighted by Crippen LogP contribution is -2.27. The summed E-state index contributed by atoms with van der Waals surface area (Å²) >= 11 is 0. The quantitative estimate of drug-likeness (QED) is 0.168. The molecule has 11 rings (SSSR count). The molecular weight excluding hydrogens is 691 g/mol. The van der Waals surface area contributed by atoms with Crippen molar-refractivity contribution in [3.8, 4) is 0 Å². The maximum absolute atomic E-state index is 2.69. The molecule has 8 aromatic rings. The molecule has 57 heavy (non-hydrogen) atoms. The van der Waals surface area contributed by atoms with E-state index in [4.69, 9.17) is 0 Å². The molecule has 3 heteroatoms. The maximum Gasteiger partial charge on any atom is 0.0702 e. The molecule has 0 bridgehead atoms. The van der Waals surface area contributed by atoms with Gasteiger partial charge in [0.05, 0.1) is 22.6 Å². The van der Waals surface area contributed by atoms with Crippen LogP contribution in [0.1, 0.15) is 95.0 Å². The van der Waals surface area contributed by atoms with Gasteiger partial charge in [-0.1, -0.05) is 110 Å². The van der Waals surface area contributed by atoms with Crippen molar-refractivity contribution >= 4 is 72.1 Å². The Morgan fingerprint density at radius 3 is 2.05 bits per heavy atom. The molecule has 4 heterocycles. The zero-order valence-corrected chi connectivity index (χ0v) is 34.5. The van der Waals surface area contributed by atoms with E-state index >= 15 is 0 Å². The number of allylic oxidation sites excluding steroid dienone is 2. The summed E-state index contributed by atoms with van der Waals surface area (Å²) < 4.78 is 2.60. The minimum absolute atomic E-state index is 0.0901. The summed E-state index contributed by atoms with van der Waals surface area (Å²) in [6.07, 6.45) is 6.15. The Morgan fingerprint density at radius 2 is 1.35 bits per heavy atom. The molecule has 3 nitrogen and oxygen atoms in total. The van der Waals surface area contributed by atoms with Crippen LogP contribution in [0.25, 0.3) is 43.7 Å². The Morgan fingerprint density at radius 1 is 0.649 bits per heavy atom. The number of nitrogens with zero attached hydrogens (tertiary/aromatic N) is 3. The largest absolute Gasteiger partial charge is 0.332 e. The monoisotopic (exact) mass is 741 g/mol. The van der Waals surface area contributed by atoms with Crippen LogP contribution in [0.15, 0.2) is 133 Å². The van der Waals surface area contributed by atoms with E-state index < -0.39 is 0 Å². The van der Waals surface area contributed by atoms with E-state index in [1.807, 2.05) is 0 Å². The second-order valence-corrected chi connectivity index (χ2v) is 18.5. The van der Waals surface area contributed by atoms with Gasteiger partial charge in [-0.05, 0) is 130 Å². The van der Waals surface area contributed by atoms with Crippen LogP contribution in [-0.4, -0.2) is 10.4 Å². The summed E-state index contributed by atoms with van der Waals surface area (Å²) in [5.74, 6) is 1.16. The number of fused-ring (bicyclic) bond motifs is 12. The molecule has 6 aromatic carbocycles. The van der Waals surface area contributed by atoms with Crippen LogP contribution in [0.3, 0.4) is 0 Å². The van der Waals surface area contributed by atoms with Crippen molar-refractivity contribution in [1.29, 1.82) is 0 Å². The van der Waals surface area contributed by atoms with Gasteiger partial charge in [-0.25, -0.2) is 0 Å². The Hall–Kier alpha value is -5.80. The average molecular weight is 742 g/mol. The number of para-hydroxylation sites is 1. The van der Waals surface area contributed by atoms with Crippen molar-refractivity contribution in [3.63, 3.8) is 0 Å². The Labute approximate surface area is 336 Å². The second kappa shape index (κ2) is 12.1. The Kier molecular flexibility index (Phi) is 7.31. The SMILES string of the molecule is CCc1ccc(N(c2ccccc2)c2ccc3c4cc(C(C)C)cc5c6cc7c(cc6n(c3c2)c45)C2C=C(C(C)C)C=C3c4cc(C(C)(C)C)ccc4N7C32)cc1. The zero-order valence-electron chi connectivity index (χ0n) is 34.5. The molecule has 1 aliphatic carbocycles. The molecule has 2 aromatic heterocycles. The van der Waals surface area contributed by atoms with E-state index in [1.165, 1.54) is 94.1 Å². The molecule has 0 fully saturated rings. The zero-order chi connectivity index (χ0) is 39.1. The van der Waals surface area contributed by atoms with Crippen LogP contribution in [0, 0.1) is 5.92 Å². The third-order valence-corrected chi connectivity index (χ3v) is 13.4. The summed E-state index contributed by atoms with van der Waals surface area (Å²) in [6.45, 7) is 18.6. The van der Waals surface area contributed by atoms with Crippen LogP contribution >= 0.6 is 0 Å². The molecule has 2 atom stereocenters. The molecule has 0 radical (unpaired) electrons. The van der Waals surface area contributed by atoms with Gasteiger partial charge in [-0.3, -0.25) is 0 Å². The lowest BCUT2D eigenvalue weighted by Gasteiger charge is -2.27. The normalized spacial score (nSPS) is 17.3. The van der Waals surface area contributed by atoms with E-state index in [0.29, 0.717) is 11.8 Å². The number of benzene rings is 6. The highest BCUT2D eigenvalue weighted by molar-refractivity contribution is 6.24. The van der Waals surface area contributed by atoms with Gasteiger partial charge in [0.15, 0.2) is 0 Å². The van der Waals surface area contributed by atoms with Gasteiger partial charge in [0.2, 0.25) is 0 Å². The third-order valence-electron chi connectivity index (χ3n) is 13.4. The van der Waals surface area contributed by atoms with Gasteiger partial charge in [0.1, 0.15) is 0 Å². The molecule has 2 unspecified atom stereocenters. The van der Waals surface area contributed by atoms with Gasteiger partial charge in [0, 0.05) is 61.5 Å². The smallest absolute Gasteiger partial charge is 0.0702 e. The second-order valence-electron chi connectivity index (χ2n) is 18.5. The molecule has 0 amide bonds. The molecule has 3 aliphatic rings. The summed E-state index contributed by atoms with van der Waals surface area (Å²) in [5, 5.41) is 5.35. The highest BCUT2D eigenvalue weighted by Crippen LogP contribution is 2.60. The number of aryl methyl sites for hydroxylation is 1. The average Bonchev–Trinajstić information content (AvgIpc) is 3.92. The van der Waals surface area contributed by atoms with Gasteiger partial charge in [-0.2, -0.15) is 0 Å². The first kappa shape index (κ1) is 34.4. The summed E-state index contributed by atoms with van der Waals surface area (Å²) in [4.78, 5) is 5.10. The number of anilines is 5. The van der Waals surface area contributed by atoms with Crippen molar-refractivity contribution < 1.29 is 0 Å². The van der Waals surface area contributed by atoms with Crippen molar-refractivity contribution in [1.82, 2.24) is 4.40 Å². The first-order valence-corrected chi connectivity index (χ1v) is 21.1. The highest BCUT2D eigenvalue weighted by atomic mass is 15.2. The first-order chi connectivity index (χ1) is 27.5.